The number of alkyl halides is 3. The van der Waals surface area contributed by atoms with Crippen LogP contribution in [0.3, 0.4) is 0 Å². The van der Waals surface area contributed by atoms with E-state index in [-0.39, 0.29) is 10.7 Å². The lowest BCUT2D eigenvalue weighted by Crippen LogP contribution is -2.42. The molecule has 0 aliphatic heterocycles. The Morgan fingerprint density at radius 2 is 2.00 bits per heavy atom. The quantitative estimate of drug-likeness (QED) is 0.809. The predicted octanol–water partition coefficient (Wildman–Crippen LogP) is 0.810. The molecular weight excluding hydrogens is 297 g/mol. The van der Waals surface area contributed by atoms with Gasteiger partial charge in [-0.3, -0.25) is 4.98 Å². The molecule has 0 bridgehead atoms. The minimum Gasteiger partial charge on any atom is -0.395 e. The van der Waals surface area contributed by atoms with Gasteiger partial charge < -0.3 is 5.11 Å². The molecule has 0 unspecified atom stereocenters. The Balaban J connectivity index is 2.72. The van der Waals surface area contributed by atoms with Gasteiger partial charge in [0, 0.05) is 24.9 Å². The second-order valence-electron chi connectivity index (χ2n) is 4.06. The molecule has 1 aromatic heterocycles. The Labute approximate surface area is 115 Å². The van der Waals surface area contributed by atoms with Crippen molar-refractivity contribution in [1.82, 2.24) is 9.29 Å². The van der Waals surface area contributed by atoms with E-state index in [0.717, 1.165) is 0 Å². The third-order valence-electron chi connectivity index (χ3n) is 2.44. The van der Waals surface area contributed by atoms with Crippen LogP contribution < -0.4 is 0 Å². The fourth-order valence-corrected chi connectivity index (χ4v) is 2.96. The Hall–Kier alpha value is -1.19. The molecule has 114 valence electrons. The number of hydrogen-bond acceptors (Lipinski definition) is 4. The van der Waals surface area contributed by atoms with Crippen LogP contribution in [0.2, 0.25) is 0 Å². The highest BCUT2D eigenvalue weighted by atomic mass is 32.2. The molecule has 9 heteroatoms. The first-order chi connectivity index (χ1) is 9.24. The summed E-state index contributed by atoms with van der Waals surface area (Å²) < 4.78 is 60.9. The van der Waals surface area contributed by atoms with Gasteiger partial charge >= 0.3 is 6.18 Å². The number of aromatic nitrogens is 1. The molecule has 20 heavy (non-hydrogen) atoms. The van der Waals surface area contributed by atoms with Crippen LogP contribution in [-0.2, 0) is 16.4 Å². The first kappa shape index (κ1) is 16.9. The molecule has 5 nitrogen and oxygen atoms in total. The summed E-state index contributed by atoms with van der Waals surface area (Å²) in [7, 11) is -4.10. The van der Waals surface area contributed by atoms with Crippen molar-refractivity contribution in [1.29, 1.82) is 0 Å². The summed E-state index contributed by atoms with van der Waals surface area (Å²) in [5.41, 5.74) is 0.479. The van der Waals surface area contributed by atoms with Gasteiger partial charge in [0.1, 0.15) is 6.54 Å². The highest BCUT2D eigenvalue weighted by Crippen LogP contribution is 2.18. The van der Waals surface area contributed by atoms with E-state index in [1.165, 1.54) is 6.20 Å². The van der Waals surface area contributed by atoms with Crippen molar-refractivity contribution in [2.45, 2.75) is 12.6 Å². The van der Waals surface area contributed by atoms with Gasteiger partial charge in [0.25, 0.3) is 0 Å². The second-order valence-corrected chi connectivity index (χ2v) is 6.15. The maximum Gasteiger partial charge on any atom is 0.402 e. The summed E-state index contributed by atoms with van der Waals surface area (Å²) in [5.74, 6) is -0.486. The highest BCUT2D eigenvalue weighted by molar-refractivity contribution is 7.89. The van der Waals surface area contributed by atoms with Gasteiger partial charge in [-0.25, -0.2) is 8.42 Å². The monoisotopic (exact) mass is 312 g/mol. The van der Waals surface area contributed by atoms with E-state index < -0.39 is 41.6 Å². The molecule has 0 radical (unpaired) electrons. The molecular formula is C11H15F3N2O3S. The molecule has 1 heterocycles. The molecule has 0 aromatic carbocycles. The number of rotatable bonds is 7. The van der Waals surface area contributed by atoms with Gasteiger partial charge in [-0.05, 0) is 12.1 Å². The molecule has 0 saturated heterocycles. The highest BCUT2D eigenvalue weighted by Gasteiger charge is 2.35. The first-order valence-electron chi connectivity index (χ1n) is 5.80. The lowest BCUT2D eigenvalue weighted by atomic mass is 10.3. The Morgan fingerprint density at radius 1 is 1.30 bits per heavy atom. The number of sulfonamides is 1. The average Bonchev–Trinajstić information content (AvgIpc) is 2.36. The fourth-order valence-electron chi connectivity index (χ4n) is 1.54. The largest absolute Gasteiger partial charge is 0.402 e. The van der Waals surface area contributed by atoms with Crippen LogP contribution >= 0.6 is 0 Å². The number of aliphatic hydroxyl groups excluding tert-OH is 1. The minimum absolute atomic E-state index is 0.0168. The maximum atomic E-state index is 12.3. The lowest BCUT2D eigenvalue weighted by Gasteiger charge is -2.22. The van der Waals surface area contributed by atoms with Gasteiger partial charge in [0.05, 0.1) is 12.4 Å². The average molecular weight is 312 g/mol. The molecule has 0 saturated carbocycles. The maximum absolute atomic E-state index is 12.3. The third-order valence-corrected chi connectivity index (χ3v) is 4.26. The predicted molar refractivity (Wildman–Crippen MR) is 66.4 cm³/mol. The molecule has 0 aliphatic carbocycles. The number of halogens is 3. The van der Waals surface area contributed by atoms with Gasteiger partial charge in [0.2, 0.25) is 10.0 Å². The normalized spacial score (nSPS) is 12.8. The van der Waals surface area contributed by atoms with E-state index >= 15 is 0 Å². The lowest BCUT2D eigenvalue weighted by molar-refractivity contribution is -0.136. The van der Waals surface area contributed by atoms with E-state index in [9.17, 15) is 21.6 Å². The molecule has 0 atom stereocenters. The Kier molecular flexibility index (Phi) is 5.90. The topological polar surface area (TPSA) is 70.5 Å². The minimum atomic E-state index is -4.65. The van der Waals surface area contributed by atoms with Crippen molar-refractivity contribution < 1.29 is 26.7 Å². The van der Waals surface area contributed by atoms with Crippen LogP contribution in [0, 0.1) is 0 Å². The summed E-state index contributed by atoms with van der Waals surface area (Å²) in [6, 6.07) is 4.91. The van der Waals surface area contributed by atoms with Gasteiger partial charge in [-0.2, -0.15) is 17.5 Å². The summed E-state index contributed by atoms with van der Waals surface area (Å²) in [6.07, 6.45) is -3.15. The van der Waals surface area contributed by atoms with E-state index in [1.54, 1.807) is 18.2 Å². The van der Waals surface area contributed by atoms with Crippen molar-refractivity contribution in [2.75, 3.05) is 25.4 Å². The zero-order valence-electron chi connectivity index (χ0n) is 10.5. The smallest absolute Gasteiger partial charge is 0.395 e. The first-order valence-corrected chi connectivity index (χ1v) is 7.41. The van der Waals surface area contributed by atoms with Crippen molar-refractivity contribution in [2.24, 2.45) is 0 Å². The zero-order chi connectivity index (χ0) is 15.2. The number of hydrogen-bond donors (Lipinski definition) is 1. The van der Waals surface area contributed by atoms with Crippen molar-refractivity contribution in [3.63, 3.8) is 0 Å². The third kappa shape index (κ3) is 5.85. The van der Waals surface area contributed by atoms with Crippen LogP contribution in [-0.4, -0.2) is 54.4 Å². The van der Waals surface area contributed by atoms with Gasteiger partial charge in [0.15, 0.2) is 0 Å². The van der Waals surface area contributed by atoms with Crippen LogP contribution in [0.25, 0.3) is 0 Å². The van der Waals surface area contributed by atoms with Crippen molar-refractivity contribution in [3.8, 4) is 0 Å². The standard InChI is InChI=1S/C11H15F3N2O3S/c12-11(13,14)9-16(6-7-17)20(18,19)8-4-10-3-1-2-5-15-10/h1-3,5,17H,4,6-9H2. The molecule has 0 aliphatic rings. The second kappa shape index (κ2) is 7.00. The molecule has 0 spiro atoms. The van der Waals surface area contributed by atoms with Crippen LogP contribution in [0.4, 0.5) is 13.2 Å². The molecule has 0 amide bonds. The molecule has 0 fully saturated rings. The number of aliphatic hydroxyl groups is 1. The number of nitrogens with zero attached hydrogens (tertiary/aromatic N) is 2. The van der Waals surface area contributed by atoms with Crippen LogP contribution in [0.15, 0.2) is 24.4 Å². The fraction of sp³-hybridized carbons (Fsp3) is 0.545. The summed E-state index contributed by atoms with van der Waals surface area (Å²) in [4.78, 5) is 3.91. The van der Waals surface area contributed by atoms with E-state index in [4.69, 9.17) is 5.11 Å². The van der Waals surface area contributed by atoms with Crippen LogP contribution in [0.5, 0.6) is 0 Å². The van der Waals surface area contributed by atoms with Gasteiger partial charge in [-0.15, -0.1) is 0 Å². The van der Waals surface area contributed by atoms with Crippen LogP contribution in [0.1, 0.15) is 5.69 Å². The zero-order valence-corrected chi connectivity index (χ0v) is 11.4. The van der Waals surface area contributed by atoms with E-state index in [0.29, 0.717) is 5.69 Å². The number of aryl methyl sites for hydroxylation is 1. The summed E-state index contributed by atoms with van der Waals surface area (Å²) >= 11 is 0. The summed E-state index contributed by atoms with van der Waals surface area (Å²) in [6.45, 7) is -2.85. The van der Waals surface area contributed by atoms with Crippen molar-refractivity contribution in [3.05, 3.63) is 30.1 Å². The molecule has 1 aromatic rings. The number of pyridine rings is 1. The van der Waals surface area contributed by atoms with Gasteiger partial charge in [-0.1, -0.05) is 6.07 Å². The van der Waals surface area contributed by atoms with E-state index in [2.05, 4.69) is 4.98 Å². The molecule has 1 rings (SSSR count). The van der Waals surface area contributed by atoms with Crippen molar-refractivity contribution >= 4 is 10.0 Å². The molecule has 1 N–H and O–H groups in total. The van der Waals surface area contributed by atoms with E-state index in [1.807, 2.05) is 0 Å². The Morgan fingerprint density at radius 3 is 2.50 bits per heavy atom. The summed E-state index contributed by atoms with van der Waals surface area (Å²) in [5, 5.41) is 8.70. The Bertz CT molecular complexity index is 505. The SMILES string of the molecule is O=S(=O)(CCc1ccccn1)N(CCO)CC(F)(F)F.